The summed E-state index contributed by atoms with van der Waals surface area (Å²) in [4.78, 5) is 11.6. The standard InChI is InChI=1S/C14H9BrF2O3/c1-19-14(18)9-4-2-3-5-12(9)20-13-10(16)6-8(15)7-11(13)17/h2-7H,1H3. The van der Waals surface area contributed by atoms with Crippen molar-refractivity contribution in [3.8, 4) is 11.5 Å². The van der Waals surface area contributed by atoms with Gasteiger partial charge in [-0.15, -0.1) is 0 Å². The van der Waals surface area contributed by atoms with Crippen LogP contribution in [-0.2, 0) is 4.74 Å². The molecule has 0 heterocycles. The van der Waals surface area contributed by atoms with E-state index in [0.29, 0.717) is 0 Å². The fourth-order valence-electron chi connectivity index (χ4n) is 1.57. The summed E-state index contributed by atoms with van der Waals surface area (Å²) < 4.78 is 37.4. The molecule has 2 rings (SSSR count). The van der Waals surface area contributed by atoms with Gasteiger partial charge in [0.15, 0.2) is 17.4 Å². The predicted octanol–water partition coefficient (Wildman–Crippen LogP) is 4.31. The number of para-hydroxylation sites is 1. The van der Waals surface area contributed by atoms with Gasteiger partial charge in [-0.1, -0.05) is 28.1 Å². The van der Waals surface area contributed by atoms with Gasteiger partial charge < -0.3 is 9.47 Å². The second-order valence-corrected chi connectivity index (χ2v) is 4.70. The monoisotopic (exact) mass is 342 g/mol. The van der Waals surface area contributed by atoms with Crippen LogP contribution in [0.3, 0.4) is 0 Å². The van der Waals surface area contributed by atoms with Crippen LogP contribution in [0.15, 0.2) is 40.9 Å². The van der Waals surface area contributed by atoms with Gasteiger partial charge in [-0.25, -0.2) is 13.6 Å². The normalized spacial score (nSPS) is 10.2. The molecule has 0 bridgehead atoms. The van der Waals surface area contributed by atoms with Crippen molar-refractivity contribution in [2.24, 2.45) is 0 Å². The van der Waals surface area contributed by atoms with Crippen molar-refractivity contribution in [3.05, 3.63) is 58.1 Å². The van der Waals surface area contributed by atoms with Crippen molar-refractivity contribution in [1.82, 2.24) is 0 Å². The number of methoxy groups -OCH3 is 1. The van der Waals surface area contributed by atoms with E-state index < -0.39 is 23.4 Å². The number of rotatable bonds is 3. The summed E-state index contributed by atoms with van der Waals surface area (Å²) in [6, 6.07) is 8.17. The molecule has 0 radical (unpaired) electrons. The SMILES string of the molecule is COC(=O)c1ccccc1Oc1c(F)cc(Br)cc1F. The molecule has 0 spiro atoms. The maximum Gasteiger partial charge on any atom is 0.341 e. The van der Waals surface area contributed by atoms with Gasteiger partial charge in [0, 0.05) is 4.47 Å². The molecule has 0 unspecified atom stereocenters. The lowest BCUT2D eigenvalue weighted by Crippen LogP contribution is -2.04. The molecule has 3 nitrogen and oxygen atoms in total. The van der Waals surface area contributed by atoms with Crippen LogP contribution in [0.5, 0.6) is 11.5 Å². The Balaban J connectivity index is 2.43. The van der Waals surface area contributed by atoms with Crippen LogP contribution in [0.25, 0.3) is 0 Å². The third-order valence-electron chi connectivity index (χ3n) is 2.47. The Morgan fingerprint density at radius 2 is 1.75 bits per heavy atom. The average Bonchev–Trinajstić information content (AvgIpc) is 2.42. The molecule has 20 heavy (non-hydrogen) atoms. The summed E-state index contributed by atoms with van der Waals surface area (Å²) in [5.41, 5.74) is 0.0803. The second kappa shape index (κ2) is 6.00. The molecule has 2 aromatic rings. The van der Waals surface area contributed by atoms with E-state index in [1.165, 1.54) is 19.2 Å². The number of carbonyl (C=O) groups excluding carboxylic acids is 1. The molecule has 0 aromatic heterocycles. The summed E-state index contributed by atoms with van der Waals surface area (Å²) in [6.07, 6.45) is 0. The Morgan fingerprint density at radius 3 is 2.35 bits per heavy atom. The van der Waals surface area contributed by atoms with E-state index in [1.54, 1.807) is 12.1 Å². The van der Waals surface area contributed by atoms with Crippen LogP contribution in [0.4, 0.5) is 8.78 Å². The zero-order chi connectivity index (χ0) is 14.7. The first-order chi connectivity index (χ1) is 9.52. The largest absolute Gasteiger partial charge is 0.465 e. The zero-order valence-corrected chi connectivity index (χ0v) is 11.9. The molecule has 0 saturated heterocycles. The zero-order valence-electron chi connectivity index (χ0n) is 10.3. The van der Waals surface area contributed by atoms with Crippen LogP contribution in [0, 0.1) is 11.6 Å². The molecule has 0 atom stereocenters. The molecule has 0 amide bonds. The molecule has 2 aromatic carbocycles. The molecule has 6 heteroatoms. The Hall–Kier alpha value is -1.95. The van der Waals surface area contributed by atoms with Crippen molar-refractivity contribution in [1.29, 1.82) is 0 Å². The van der Waals surface area contributed by atoms with Gasteiger partial charge in [0.05, 0.1) is 7.11 Å². The first-order valence-electron chi connectivity index (χ1n) is 5.52. The molecule has 0 aliphatic rings. The van der Waals surface area contributed by atoms with Crippen molar-refractivity contribution in [2.75, 3.05) is 7.11 Å². The number of halogens is 3. The Bertz CT molecular complexity index is 636. The summed E-state index contributed by atoms with van der Waals surface area (Å²) in [7, 11) is 1.21. The van der Waals surface area contributed by atoms with Crippen molar-refractivity contribution < 1.29 is 23.0 Å². The van der Waals surface area contributed by atoms with E-state index in [-0.39, 0.29) is 15.8 Å². The van der Waals surface area contributed by atoms with Crippen LogP contribution >= 0.6 is 15.9 Å². The van der Waals surface area contributed by atoms with E-state index in [0.717, 1.165) is 12.1 Å². The molecule has 0 aliphatic heterocycles. The highest BCUT2D eigenvalue weighted by molar-refractivity contribution is 9.10. The third kappa shape index (κ3) is 2.96. The van der Waals surface area contributed by atoms with Gasteiger partial charge in [0.25, 0.3) is 0 Å². The fraction of sp³-hybridized carbons (Fsp3) is 0.0714. The van der Waals surface area contributed by atoms with Crippen LogP contribution in [0.2, 0.25) is 0 Å². The molecular weight excluding hydrogens is 334 g/mol. The summed E-state index contributed by atoms with van der Waals surface area (Å²) in [6.45, 7) is 0. The smallest absolute Gasteiger partial charge is 0.341 e. The van der Waals surface area contributed by atoms with E-state index in [1.807, 2.05) is 0 Å². The van der Waals surface area contributed by atoms with Gasteiger partial charge in [0.1, 0.15) is 11.3 Å². The number of hydrogen-bond acceptors (Lipinski definition) is 3. The third-order valence-corrected chi connectivity index (χ3v) is 2.93. The highest BCUT2D eigenvalue weighted by Crippen LogP contribution is 2.32. The summed E-state index contributed by atoms with van der Waals surface area (Å²) in [5.74, 6) is -2.98. The Kier molecular flexibility index (Phi) is 4.34. The maximum absolute atomic E-state index is 13.7. The highest BCUT2D eigenvalue weighted by Gasteiger charge is 2.17. The molecule has 104 valence electrons. The minimum absolute atomic E-state index is 0.0134. The quantitative estimate of drug-likeness (QED) is 0.780. The first-order valence-corrected chi connectivity index (χ1v) is 6.32. The molecule has 0 saturated carbocycles. The van der Waals surface area contributed by atoms with Crippen LogP contribution < -0.4 is 4.74 Å². The van der Waals surface area contributed by atoms with E-state index in [4.69, 9.17) is 4.74 Å². The Labute approximate surface area is 122 Å². The van der Waals surface area contributed by atoms with E-state index in [2.05, 4.69) is 20.7 Å². The van der Waals surface area contributed by atoms with E-state index >= 15 is 0 Å². The lowest BCUT2D eigenvalue weighted by atomic mass is 10.2. The van der Waals surface area contributed by atoms with Gasteiger partial charge in [-0.05, 0) is 24.3 Å². The second-order valence-electron chi connectivity index (χ2n) is 3.79. The highest BCUT2D eigenvalue weighted by atomic mass is 79.9. The number of ether oxygens (including phenoxy) is 2. The van der Waals surface area contributed by atoms with Crippen molar-refractivity contribution in [3.63, 3.8) is 0 Å². The first kappa shape index (κ1) is 14.5. The molecule has 0 fully saturated rings. The summed E-state index contributed by atoms with van der Waals surface area (Å²) >= 11 is 2.97. The molecule has 0 aliphatic carbocycles. The minimum atomic E-state index is -0.878. The van der Waals surface area contributed by atoms with Gasteiger partial charge in [0.2, 0.25) is 0 Å². The summed E-state index contributed by atoms with van der Waals surface area (Å²) in [5, 5.41) is 0. The number of hydrogen-bond donors (Lipinski definition) is 0. The van der Waals surface area contributed by atoms with Gasteiger partial charge in [-0.2, -0.15) is 0 Å². The minimum Gasteiger partial charge on any atom is -0.465 e. The van der Waals surface area contributed by atoms with Crippen molar-refractivity contribution >= 4 is 21.9 Å². The number of carbonyl (C=O) groups is 1. The maximum atomic E-state index is 13.7. The topological polar surface area (TPSA) is 35.5 Å². The number of esters is 1. The average molecular weight is 343 g/mol. The Morgan fingerprint density at radius 1 is 1.15 bits per heavy atom. The van der Waals surface area contributed by atoms with Gasteiger partial charge >= 0.3 is 5.97 Å². The number of benzene rings is 2. The fourth-order valence-corrected chi connectivity index (χ4v) is 1.97. The van der Waals surface area contributed by atoms with Crippen LogP contribution in [0.1, 0.15) is 10.4 Å². The molecule has 0 N–H and O–H groups in total. The van der Waals surface area contributed by atoms with Gasteiger partial charge in [-0.3, -0.25) is 0 Å². The van der Waals surface area contributed by atoms with Crippen molar-refractivity contribution in [2.45, 2.75) is 0 Å². The molecular formula is C14H9BrF2O3. The van der Waals surface area contributed by atoms with Crippen LogP contribution in [-0.4, -0.2) is 13.1 Å². The predicted molar refractivity (Wildman–Crippen MR) is 71.9 cm³/mol. The lowest BCUT2D eigenvalue weighted by Gasteiger charge is -2.11. The lowest BCUT2D eigenvalue weighted by molar-refractivity contribution is 0.0597. The van der Waals surface area contributed by atoms with E-state index in [9.17, 15) is 13.6 Å².